The van der Waals surface area contributed by atoms with Crippen molar-refractivity contribution >= 4 is 28.0 Å². The van der Waals surface area contributed by atoms with E-state index in [0.717, 1.165) is 37.0 Å². The van der Waals surface area contributed by atoms with Crippen LogP contribution in [0.15, 0.2) is 30.6 Å². The van der Waals surface area contributed by atoms with Gasteiger partial charge in [-0.2, -0.15) is 4.37 Å². The molecule has 1 aliphatic heterocycles. The second-order valence-corrected chi connectivity index (χ2v) is 5.05. The molecule has 0 bridgehead atoms. The molecule has 1 aromatic carbocycles. The third kappa shape index (κ3) is 2.24. The maximum Gasteiger partial charge on any atom is 0.205 e. The molecule has 0 radical (unpaired) electrons. The van der Waals surface area contributed by atoms with E-state index in [9.17, 15) is 0 Å². The van der Waals surface area contributed by atoms with E-state index in [2.05, 4.69) is 25.2 Å². The first-order valence-electron chi connectivity index (χ1n) is 5.95. The number of hydrogen-bond acceptors (Lipinski definition) is 6. The van der Waals surface area contributed by atoms with Crippen LogP contribution >= 0.6 is 11.5 Å². The van der Waals surface area contributed by atoms with Crippen LogP contribution in [-0.2, 0) is 0 Å². The van der Waals surface area contributed by atoms with Gasteiger partial charge in [0.05, 0.1) is 0 Å². The molecule has 2 aromatic rings. The van der Waals surface area contributed by atoms with Crippen LogP contribution in [0, 0.1) is 0 Å². The van der Waals surface area contributed by atoms with Crippen LogP contribution in [0.3, 0.4) is 0 Å². The lowest BCUT2D eigenvalue weighted by molar-refractivity contribution is 0.652. The summed E-state index contributed by atoms with van der Waals surface area (Å²) in [7, 11) is 0. The lowest BCUT2D eigenvalue weighted by Crippen LogP contribution is -2.46. The van der Waals surface area contributed by atoms with Crippen LogP contribution < -0.4 is 15.5 Å². The van der Waals surface area contributed by atoms with Crippen molar-refractivity contribution in [3.05, 3.63) is 30.6 Å². The van der Waals surface area contributed by atoms with Crippen molar-refractivity contribution in [1.29, 1.82) is 0 Å². The first-order chi connectivity index (χ1) is 8.83. The van der Waals surface area contributed by atoms with E-state index in [1.54, 1.807) is 6.33 Å². The Balaban J connectivity index is 1.67. The molecule has 2 heterocycles. The van der Waals surface area contributed by atoms with Crippen LogP contribution in [0.4, 0.5) is 16.5 Å². The Morgan fingerprint density at radius 2 is 1.89 bits per heavy atom. The number of anilines is 3. The summed E-state index contributed by atoms with van der Waals surface area (Å²) < 4.78 is 4.04. The summed E-state index contributed by atoms with van der Waals surface area (Å²) in [6, 6.07) is 8.06. The zero-order valence-electron chi connectivity index (χ0n) is 9.99. The van der Waals surface area contributed by atoms with Crippen LogP contribution in [0.5, 0.6) is 0 Å². The largest absolute Gasteiger partial charge is 0.399 e. The fourth-order valence-corrected chi connectivity index (χ4v) is 2.76. The number of piperazine rings is 1. The molecule has 1 saturated heterocycles. The van der Waals surface area contributed by atoms with Crippen LogP contribution in [0.1, 0.15) is 0 Å². The minimum absolute atomic E-state index is 0.819. The van der Waals surface area contributed by atoms with Crippen molar-refractivity contribution in [2.45, 2.75) is 0 Å². The van der Waals surface area contributed by atoms with E-state index in [1.165, 1.54) is 17.2 Å². The van der Waals surface area contributed by atoms with Gasteiger partial charge in [-0.1, -0.05) is 6.07 Å². The van der Waals surface area contributed by atoms with E-state index in [1.807, 2.05) is 18.2 Å². The van der Waals surface area contributed by atoms with E-state index >= 15 is 0 Å². The Hall–Kier alpha value is -1.82. The molecule has 6 heteroatoms. The number of benzene rings is 1. The van der Waals surface area contributed by atoms with Gasteiger partial charge in [-0.3, -0.25) is 0 Å². The van der Waals surface area contributed by atoms with Crippen LogP contribution in [-0.4, -0.2) is 35.5 Å². The van der Waals surface area contributed by atoms with Gasteiger partial charge in [-0.05, 0) is 18.2 Å². The number of nitrogen functional groups attached to an aromatic ring is 1. The van der Waals surface area contributed by atoms with Crippen LogP contribution in [0.2, 0.25) is 0 Å². The van der Waals surface area contributed by atoms with E-state index in [4.69, 9.17) is 5.73 Å². The summed E-state index contributed by atoms with van der Waals surface area (Å²) in [4.78, 5) is 8.88. The zero-order valence-corrected chi connectivity index (χ0v) is 10.8. The van der Waals surface area contributed by atoms with E-state index in [-0.39, 0.29) is 0 Å². The summed E-state index contributed by atoms with van der Waals surface area (Å²) in [5, 5.41) is 1.02. The molecule has 0 amide bonds. The molecule has 0 spiro atoms. The van der Waals surface area contributed by atoms with Crippen molar-refractivity contribution in [2.24, 2.45) is 0 Å². The monoisotopic (exact) mass is 261 g/mol. The molecule has 18 heavy (non-hydrogen) atoms. The van der Waals surface area contributed by atoms with E-state index < -0.39 is 0 Å². The molecule has 94 valence electrons. The Morgan fingerprint density at radius 3 is 2.56 bits per heavy atom. The molecule has 0 unspecified atom stereocenters. The average molecular weight is 261 g/mol. The third-order valence-corrected chi connectivity index (χ3v) is 3.86. The van der Waals surface area contributed by atoms with Gasteiger partial charge in [0, 0.05) is 49.1 Å². The molecule has 0 aliphatic carbocycles. The minimum atomic E-state index is 0.819. The van der Waals surface area contributed by atoms with E-state index in [0.29, 0.717) is 0 Å². The molecule has 0 saturated carbocycles. The molecular formula is C12H15N5S. The molecule has 1 aliphatic rings. The first-order valence-corrected chi connectivity index (χ1v) is 6.72. The maximum absolute atomic E-state index is 5.82. The molecule has 0 atom stereocenters. The Morgan fingerprint density at radius 1 is 1.11 bits per heavy atom. The minimum Gasteiger partial charge on any atom is -0.399 e. The molecule has 3 rings (SSSR count). The topological polar surface area (TPSA) is 58.3 Å². The zero-order chi connectivity index (χ0) is 12.4. The highest BCUT2D eigenvalue weighted by Gasteiger charge is 2.19. The van der Waals surface area contributed by atoms with Gasteiger partial charge in [-0.15, -0.1) is 0 Å². The average Bonchev–Trinajstić information content (AvgIpc) is 2.93. The van der Waals surface area contributed by atoms with Gasteiger partial charge in [0.1, 0.15) is 6.33 Å². The number of hydrogen-bond donors (Lipinski definition) is 1. The Kier molecular flexibility index (Phi) is 3.02. The van der Waals surface area contributed by atoms with Gasteiger partial charge >= 0.3 is 0 Å². The Bertz CT molecular complexity index is 505. The third-order valence-electron chi connectivity index (χ3n) is 3.14. The van der Waals surface area contributed by atoms with Gasteiger partial charge in [0.15, 0.2) is 0 Å². The second kappa shape index (κ2) is 4.81. The fourth-order valence-electron chi connectivity index (χ4n) is 2.18. The summed E-state index contributed by atoms with van der Waals surface area (Å²) in [6.07, 6.45) is 1.62. The first kappa shape index (κ1) is 11.3. The maximum atomic E-state index is 5.82. The summed E-state index contributed by atoms with van der Waals surface area (Å²) in [5.74, 6) is 0. The van der Waals surface area contributed by atoms with Crippen molar-refractivity contribution in [2.75, 3.05) is 41.7 Å². The number of rotatable bonds is 2. The molecule has 1 fully saturated rings. The van der Waals surface area contributed by atoms with Gasteiger partial charge in [-0.25, -0.2) is 4.98 Å². The van der Waals surface area contributed by atoms with Crippen molar-refractivity contribution in [3.8, 4) is 0 Å². The highest BCUT2D eigenvalue weighted by molar-refractivity contribution is 7.09. The lowest BCUT2D eigenvalue weighted by Gasteiger charge is -2.35. The number of nitrogens with two attached hydrogens (primary N) is 1. The predicted molar refractivity (Wildman–Crippen MR) is 75.2 cm³/mol. The summed E-state index contributed by atoms with van der Waals surface area (Å²) >= 11 is 1.46. The highest BCUT2D eigenvalue weighted by Crippen LogP contribution is 2.22. The summed E-state index contributed by atoms with van der Waals surface area (Å²) in [6.45, 7) is 3.93. The standard InChI is InChI=1S/C12H15N5S/c13-10-2-1-3-11(8-10)16-4-6-17(7-5-16)12-14-9-15-18-12/h1-3,8-9H,4-7,13H2. The van der Waals surface area contributed by atoms with Crippen molar-refractivity contribution in [1.82, 2.24) is 9.36 Å². The molecule has 1 aromatic heterocycles. The van der Waals surface area contributed by atoms with Gasteiger partial charge in [0.2, 0.25) is 5.13 Å². The van der Waals surface area contributed by atoms with Crippen LogP contribution in [0.25, 0.3) is 0 Å². The molecule has 5 nitrogen and oxygen atoms in total. The number of nitrogens with zero attached hydrogens (tertiary/aromatic N) is 4. The second-order valence-electron chi connectivity index (χ2n) is 4.29. The summed E-state index contributed by atoms with van der Waals surface area (Å²) in [5.41, 5.74) is 7.84. The molecular weight excluding hydrogens is 246 g/mol. The lowest BCUT2D eigenvalue weighted by atomic mass is 10.2. The molecule has 2 N–H and O–H groups in total. The predicted octanol–water partition coefficient (Wildman–Crippen LogP) is 1.45. The van der Waals surface area contributed by atoms with Gasteiger partial charge < -0.3 is 15.5 Å². The van der Waals surface area contributed by atoms with Crippen molar-refractivity contribution < 1.29 is 0 Å². The SMILES string of the molecule is Nc1cccc(N2CCN(c3ncns3)CC2)c1. The normalized spacial score (nSPS) is 16.0. The smallest absolute Gasteiger partial charge is 0.205 e. The highest BCUT2D eigenvalue weighted by atomic mass is 32.1. The Labute approximate surface area is 110 Å². The fraction of sp³-hybridized carbons (Fsp3) is 0.333. The quantitative estimate of drug-likeness (QED) is 0.829. The van der Waals surface area contributed by atoms with Crippen molar-refractivity contribution in [3.63, 3.8) is 0 Å². The van der Waals surface area contributed by atoms with Gasteiger partial charge in [0.25, 0.3) is 0 Å². The number of aromatic nitrogens is 2.